The molecule has 0 bridgehead atoms. The maximum Gasteiger partial charge on any atom is 0.233 e. The highest BCUT2D eigenvalue weighted by Gasteiger charge is 2.30. The summed E-state index contributed by atoms with van der Waals surface area (Å²) >= 11 is 0. The van der Waals surface area contributed by atoms with Gasteiger partial charge in [0.05, 0.1) is 11.4 Å². The number of benzene rings is 1. The molecule has 0 radical (unpaired) electrons. The molecule has 1 rings (SSSR count). The summed E-state index contributed by atoms with van der Waals surface area (Å²) in [5.74, 6) is 0. The number of nitrogens with zero attached hydrogens (tertiary/aromatic N) is 1. The minimum Gasteiger partial charge on any atom is -0.378 e. The summed E-state index contributed by atoms with van der Waals surface area (Å²) in [4.78, 5) is 10.6. The molecule has 6 nitrogen and oxygen atoms in total. The first-order valence-corrected chi connectivity index (χ1v) is 7.20. The monoisotopic (exact) mass is 272 g/mol. The highest BCUT2D eigenvalue weighted by molar-refractivity contribution is 7.90. The minimum atomic E-state index is -3.21. The summed E-state index contributed by atoms with van der Waals surface area (Å²) in [6.07, 6.45) is 1.13. The average molecular weight is 272 g/mol. The van der Waals surface area contributed by atoms with Gasteiger partial charge in [0.15, 0.2) is 9.84 Å². The van der Waals surface area contributed by atoms with Crippen molar-refractivity contribution in [3.8, 4) is 0 Å². The van der Waals surface area contributed by atoms with Crippen LogP contribution in [0.25, 0.3) is 0 Å². The van der Waals surface area contributed by atoms with Crippen molar-refractivity contribution in [2.45, 2.75) is 24.3 Å². The van der Waals surface area contributed by atoms with E-state index in [0.717, 1.165) is 6.26 Å². The lowest BCUT2D eigenvalue weighted by atomic mass is 10.1. The molecule has 0 fully saturated rings. The van der Waals surface area contributed by atoms with Crippen molar-refractivity contribution in [2.75, 3.05) is 18.1 Å². The van der Waals surface area contributed by atoms with Crippen LogP contribution in [-0.2, 0) is 9.84 Å². The molecular weight excluding hydrogens is 256 g/mol. The Morgan fingerprint density at radius 3 is 2.17 bits per heavy atom. The lowest BCUT2D eigenvalue weighted by Crippen LogP contribution is -2.38. The molecule has 1 N–H and O–H groups in total. The second-order valence-corrected chi connectivity index (χ2v) is 6.74. The number of nitrogens with one attached hydrogen (secondary N) is 1. The molecular formula is C11H16N2O4S. The molecule has 0 amide bonds. The van der Waals surface area contributed by atoms with Crippen LogP contribution in [0.1, 0.15) is 13.8 Å². The number of hydrogen-bond acceptors (Lipinski definition) is 5. The SMILES string of the molecule is CC(C)(CNc1ccc(S(C)(=O)=O)cc1)[N+](=O)[O-]. The summed E-state index contributed by atoms with van der Waals surface area (Å²) in [6, 6.07) is 6.12. The normalized spacial score (nSPS) is 12.2. The largest absolute Gasteiger partial charge is 0.378 e. The zero-order valence-corrected chi connectivity index (χ0v) is 11.3. The van der Waals surface area contributed by atoms with E-state index in [0.29, 0.717) is 5.69 Å². The van der Waals surface area contributed by atoms with E-state index in [4.69, 9.17) is 0 Å². The predicted octanol–water partition coefficient (Wildman–Crippen LogP) is 1.56. The first kappa shape index (κ1) is 14.4. The van der Waals surface area contributed by atoms with Crippen LogP contribution in [0, 0.1) is 10.1 Å². The highest BCUT2D eigenvalue weighted by atomic mass is 32.2. The Kier molecular flexibility index (Phi) is 3.95. The van der Waals surface area contributed by atoms with Crippen molar-refractivity contribution >= 4 is 15.5 Å². The molecule has 0 aromatic heterocycles. The number of anilines is 1. The van der Waals surface area contributed by atoms with Crippen LogP contribution in [-0.4, -0.2) is 31.7 Å². The number of nitro groups is 1. The van der Waals surface area contributed by atoms with Gasteiger partial charge in [0.25, 0.3) is 0 Å². The lowest BCUT2D eigenvalue weighted by Gasteiger charge is -2.17. The Labute approximate surface area is 106 Å². The zero-order valence-electron chi connectivity index (χ0n) is 10.5. The van der Waals surface area contributed by atoms with E-state index < -0.39 is 15.4 Å². The van der Waals surface area contributed by atoms with Gasteiger partial charge < -0.3 is 5.32 Å². The third kappa shape index (κ3) is 3.69. The van der Waals surface area contributed by atoms with Crippen molar-refractivity contribution in [1.29, 1.82) is 0 Å². The Bertz CT molecular complexity index is 535. The van der Waals surface area contributed by atoms with Gasteiger partial charge in [0.2, 0.25) is 5.54 Å². The number of sulfone groups is 1. The fourth-order valence-electron chi connectivity index (χ4n) is 1.20. The maximum absolute atomic E-state index is 11.2. The van der Waals surface area contributed by atoms with Crippen molar-refractivity contribution < 1.29 is 13.3 Å². The van der Waals surface area contributed by atoms with Gasteiger partial charge in [0, 0.05) is 30.7 Å². The van der Waals surface area contributed by atoms with Crippen LogP contribution in [0.3, 0.4) is 0 Å². The van der Waals surface area contributed by atoms with Gasteiger partial charge in [-0.1, -0.05) is 0 Å². The quantitative estimate of drug-likeness (QED) is 0.649. The van der Waals surface area contributed by atoms with Gasteiger partial charge in [0.1, 0.15) is 0 Å². The maximum atomic E-state index is 11.2. The third-order valence-electron chi connectivity index (χ3n) is 2.50. The predicted molar refractivity (Wildman–Crippen MR) is 69.1 cm³/mol. The molecule has 0 saturated heterocycles. The summed E-state index contributed by atoms with van der Waals surface area (Å²) in [7, 11) is -3.21. The minimum absolute atomic E-state index is 0.165. The van der Waals surface area contributed by atoms with Gasteiger partial charge in [-0.15, -0.1) is 0 Å². The molecule has 7 heteroatoms. The molecule has 0 aliphatic rings. The van der Waals surface area contributed by atoms with Crippen LogP contribution in [0.5, 0.6) is 0 Å². The number of hydrogen-bond donors (Lipinski definition) is 1. The van der Waals surface area contributed by atoms with Gasteiger partial charge in [-0.05, 0) is 24.3 Å². The van der Waals surface area contributed by atoms with Crippen LogP contribution in [0.15, 0.2) is 29.2 Å². The van der Waals surface area contributed by atoms with Crippen molar-refractivity contribution in [2.24, 2.45) is 0 Å². The Morgan fingerprint density at radius 1 is 1.28 bits per heavy atom. The molecule has 0 spiro atoms. The molecule has 0 aliphatic heterocycles. The molecule has 1 aromatic carbocycles. The van der Waals surface area contributed by atoms with E-state index in [9.17, 15) is 18.5 Å². The molecule has 0 aliphatic carbocycles. The third-order valence-corrected chi connectivity index (χ3v) is 3.63. The van der Waals surface area contributed by atoms with E-state index in [2.05, 4.69) is 5.32 Å². The Balaban J connectivity index is 2.74. The topological polar surface area (TPSA) is 89.3 Å². The highest BCUT2D eigenvalue weighted by Crippen LogP contribution is 2.15. The average Bonchev–Trinajstić information content (AvgIpc) is 2.25. The molecule has 0 unspecified atom stereocenters. The fourth-order valence-corrected chi connectivity index (χ4v) is 1.83. The first-order valence-electron chi connectivity index (χ1n) is 5.31. The fraction of sp³-hybridized carbons (Fsp3) is 0.455. The van der Waals surface area contributed by atoms with Gasteiger partial charge >= 0.3 is 0 Å². The van der Waals surface area contributed by atoms with E-state index >= 15 is 0 Å². The summed E-state index contributed by atoms with van der Waals surface area (Å²) < 4.78 is 22.5. The molecule has 1 aromatic rings. The van der Waals surface area contributed by atoms with Gasteiger partial charge in [-0.25, -0.2) is 8.42 Å². The van der Waals surface area contributed by atoms with Gasteiger partial charge in [-0.2, -0.15) is 0 Å². The Morgan fingerprint density at radius 2 is 1.78 bits per heavy atom. The lowest BCUT2D eigenvalue weighted by molar-refractivity contribution is -0.556. The standard InChI is InChI=1S/C11H16N2O4S/c1-11(2,13(14)15)8-12-9-4-6-10(7-5-9)18(3,16)17/h4-7,12H,8H2,1-3H3. The summed E-state index contributed by atoms with van der Waals surface area (Å²) in [5.41, 5.74) is -0.424. The van der Waals surface area contributed by atoms with E-state index in [1.807, 2.05) is 0 Å². The van der Waals surface area contributed by atoms with Crippen LogP contribution in [0.2, 0.25) is 0 Å². The van der Waals surface area contributed by atoms with E-state index in [1.165, 1.54) is 26.0 Å². The van der Waals surface area contributed by atoms with Crippen molar-refractivity contribution in [3.63, 3.8) is 0 Å². The van der Waals surface area contributed by atoms with E-state index in [1.54, 1.807) is 12.1 Å². The molecule has 18 heavy (non-hydrogen) atoms. The van der Waals surface area contributed by atoms with E-state index in [-0.39, 0.29) is 16.4 Å². The number of rotatable bonds is 5. The second-order valence-electron chi connectivity index (χ2n) is 4.72. The van der Waals surface area contributed by atoms with Crippen molar-refractivity contribution in [3.05, 3.63) is 34.4 Å². The molecule has 0 heterocycles. The molecule has 100 valence electrons. The summed E-state index contributed by atoms with van der Waals surface area (Å²) in [5, 5.41) is 13.6. The first-order chi connectivity index (χ1) is 8.13. The summed E-state index contributed by atoms with van der Waals surface area (Å²) in [6.45, 7) is 3.20. The zero-order chi connectivity index (χ0) is 14.0. The van der Waals surface area contributed by atoms with Crippen LogP contribution >= 0.6 is 0 Å². The van der Waals surface area contributed by atoms with Gasteiger partial charge in [-0.3, -0.25) is 10.1 Å². The smallest absolute Gasteiger partial charge is 0.233 e. The second kappa shape index (κ2) is 4.93. The van der Waals surface area contributed by atoms with Crippen LogP contribution in [0.4, 0.5) is 5.69 Å². The van der Waals surface area contributed by atoms with Crippen LogP contribution < -0.4 is 5.32 Å². The molecule has 0 atom stereocenters. The van der Waals surface area contributed by atoms with Crippen molar-refractivity contribution in [1.82, 2.24) is 0 Å². The Hall–Kier alpha value is -1.63. The molecule has 0 saturated carbocycles.